The van der Waals surface area contributed by atoms with Gasteiger partial charge in [-0.1, -0.05) is 6.07 Å². The summed E-state index contributed by atoms with van der Waals surface area (Å²) in [5.41, 5.74) is 2.34. The number of urea groups is 1. The molecule has 0 atom stereocenters. The Morgan fingerprint density at radius 3 is 2.55 bits per heavy atom. The van der Waals surface area contributed by atoms with Crippen molar-refractivity contribution in [2.75, 3.05) is 32.5 Å². The first-order valence-electron chi connectivity index (χ1n) is 9.61. The molecule has 1 N–H and O–H groups in total. The summed E-state index contributed by atoms with van der Waals surface area (Å²) in [5.74, 6) is -1.81. The third-order valence-corrected chi connectivity index (χ3v) is 4.84. The van der Waals surface area contributed by atoms with Gasteiger partial charge in [-0.3, -0.25) is 0 Å². The molecule has 0 saturated heterocycles. The largest absolute Gasteiger partial charge is 0.346 e. The molecule has 0 bridgehead atoms. The number of halogens is 2. The average molecular weight is 400 g/mol. The first kappa shape index (κ1) is 20.8. The van der Waals surface area contributed by atoms with E-state index in [-0.39, 0.29) is 12.6 Å². The van der Waals surface area contributed by atoms with E-state index >= 15 is 0 Å². The van der Waals surface area contributed by atoms with Gasteiger partial charge >= 0.3 is 6.03 Å². The van der Waals surface area contributed by atoms with Crippen LogP contribution < -0.4 is 5.32 Å². The van der Waals surface area contributed by atoms with E-state index in [0.717, 1.165) is 36.1 Å². The van der Waals surface area contributed by atoms with E-state index in [1.54, 1.807) is 4.90 Å². The fourth-order valence-corrected chi connectivity index (χ4v) is 3.17. The lowest BCUT2D eigenvalue weighted by Crippen LogP contribution is -2.34. The molecule has 0 fully saturated rings. The van der Waals surface area contributed by atoms with E-state index in [1.807, 2.05) is 51.5 Å². The fraction of sp³-hybridized carbons (Fsp3) is 0.318. The van der Waals surface area contributed by atoms with Crippen LogP contribution in [0, 0.1) is 11.6 Å². The number of anilines is 1. The smallest absolute Gasteiger partial charge is 0.322 e. The number of nitrogens with one attached hydrogen (secondary N) is 1. The number of aromatic nitrogens is 1. The number of likely N-dealkylation sites (N-methyl/N-ethyl adjacent to an activating group) is 1. The van der Waals surface area contributed by atoms with Crippen molar-refractivity contribution in [1.82, 2.24) is 14.4 Å². The van der Waals surface area contributed by atoms with Crippen molar-refractivity contribution in [3.05, 3.63) is 65.9 Å². The molecule has 0 saturated carbocycles. The second kappa shape index (κ2) is 9.05. The van der Waals surface area contributed by atoms with Crippen LogP contribution in [0.3, 0.4) is 0 Å². The SMILES string of the molecule is CCN(Cc1ccc(F)c(F)c1)C(=O)Nc1ccc2c(ccn2CCN(C)C)c1. The number of fused-ring (bicyclic) bond motifs is 1. The molecule has 1 heterocycles. The quantitative estimate of drug-likeness (QED) is 0.633. The van der Waals surface area contributed by atoms with Crippen molar-refractivity contribution in [3.63, 3.8) is 0 Å². The van der Waals surface area contributed by atoms with E-state index in [1.165, 1.54) is 6.07 Å². The van der Waals surface area contributed by atoms with Crippen LogP contribution in [0.15, 0.2) is 48.7 Å². The standard InChI is InChI=1S/C22H26F2N4O/c1-4-27(15-16-5-7-19(23)20(24)13-16)22(29)25-18-6-8-21-17(14-18)9-10-28(21)12-11-26(2)3/h5-10,13-14H,4,11-12,15H2,1-3H3,(H,25,29). The summed E-state index contributed by atoms with van der Waals surface area (Å²) in [4.78, 5) is 16.3. The average Bonchev–Trinajstić information content (AvgIpc) is 3.09. The van der Waals surface area contributed by atoms with Crippen molar-refractivity contribution in [3.8, 4) is 0 Å². The molecule has 0 aliphatic carbocycles. The first-order chi connectivity index (χ1) is 13.9. The number of rotatable bonds is 7. The van der Waals surface area contributed by atoms with Gasteiger partial charge in [0.25, 0.3) is 0 Å². The van der Waals surface area contributed by atoms with Crippen molar-refractivity contribution in [2.45, 2.75) is 20.0 Å². The minimum atomic E-state index is -0.914. The summed E-state index contributed by atoms with van der Waals surface area (Å²) in [5, 5.41) is 3.94. The van der Waals surface area contributed by atoms with Gasteiger partial charge in [-0.2, -0.15) is 0 Å². The van der Waals surface area contributed by atoms with Gasteiger partial charge in [0, 0.05) is 49.0 Å². The summed E-state index contributed by atoms with van der Waals surface area (Å²) in [6, 6.07) is 11.2. The minimum Gasteiger partial charge on any atom is -0.346 e. The molecule has 5 nitrogen and oxygen atoms in total. The Labute approximate surface area is 169 Å². The number of nitrogens with zero attached hydrogens (tertiary/aromatic N) is 3. The Balaban J connectivity index is 1.69. The van der Waals surface area contributed by atoms with Crippen LogP contribution in [0.2, 0.25) is 0 Å². The van der Waals surface area contributed by atoms with Crippen LogP contribution in [0.25, 0.3) is 10.9 Å². The molecule has 154 valence electrons. The molecule has 3 rings (SSSR count). The Kier molecular flexibility index (Phi) is 6.49. The van der Waals surface area contributed by atoms with Gasteiger partial charge < -0.3 is 19.7 Å². The van der Waals surface area contributed by atoms with E-state index in [0.29, 0.717) is 17.8 Å². The minimum absolute atomic E-state index is 0.197. The highest BCUT2D eigenvalue weighted by Crippen LogP contribution is 2.21. The van der Waals surface area contributed by atoms with Crippen LogP contribution in [-0.4, -0.2) is 47.6 Å². The predicted molar refractivity (Wildman–Crippen MR) is 112 cm³/mol. The van der Waals surface area contributed by atoms with Crippen molar-refractivity contribution in [2.24, 2.45) is 0 Å². The van der Waals surface area contributed by atoms with Crippen LogP contribution in [0.1, 0.15) is 12.5 Å². The van der Waals surface area contributed by atoms with E-state index in [4.69, 9.17) is 0 Å². The molecule has 3 aromatic rings. The van der Waals surface area contributed by atoms with Gasteiger partial charge in [0.1, 0.15) is 0 Å². The van der Waals surface area contributed by atoms with Gasteiger partial charge in [-0.15, -0.1) is 0 Å². The molecule has 0 unspecified atom stereocenters. The molecule has 7 heteroatoms. The third-order valence-electron chi connectivity index (χ3n) is 4.84. The summed E-state index contributed by atoms with van der Waals surface area (Å²) in [7, 11) is 4.08. The van der Waals surface area contributed by atoms with Crippen molar-refractivity contribution in [1.29, 1.82) is 0 Å². The zero-order valence-corrected chi connectivity index (χ0v) is 17.0. The highest BCUT2D eigenvalue weighted by molar-refractivity contribution is 5.93. The van der Waals surface area contributed by atoms with Crippen molar-refractivity contribution >= 4 is 22.6 Å². The molecule has 0 aliphatic heterocycles. The second-order valence-electron chi connectivity index (χ2n) is 7.28. The molecule has 1 aromatic heterocycles. The Bertz CT molecular complexity index is 1000. The summed E-state index contributed by atoms with van der Waals surface area (Å²) < 4.78 is 28.7. The normalized spacial score (nSPS) is 11.2. The number of amides is 2. The monoisotopic (exact) mass is 400 g/mol. The lowest BCUT2D eigenvalue weighted by Gasteiger charge is -2.21. The van der Waals surface area contributed by atoms with Gasteiger partial charge in [-0.25, -0.2) is 13.6 Å². The first-order valence-corrected chi connectivity index (χ1v) is 9.61. The maximum Gasteiger partial charge on any atom is 0.322 e. The summed E-state index contributed by atoms with van der Waals surface area (Å²) >= 11 is 0. The molecule has 0 spiro atoms. The number of hydrogen-bond acceptors (Lipinski definition) is 2. The molecular weight excluding hydrogens is 374 g/mol. The van der Waals surface area contributed by atoms with E-state index in [9.17, 15) is 13.6 Å². The molecule has 0 radical (unpaired) electrons. The lowest BCUT2D eigenvalue weighted by atomic mass is 10.2. The van der Waals surface area contributed by atoms with Crippen LogP contribution in [0.5, 0.6) is 0 Å². The highest BCUT2D eigenvalue weighted by Gasteiger charge is 2.14. The molecule has 29 heavy (non-hydrogen) atoms. The molecular formula is C22H26F2N4O. The number of carbonyl (C=O) groups excluding carboxylic acids is 1. The highest BCUT2D eigenvalue weighted by atomic mass is 19.2. The van der Waals surface area contributed by atoms with Gasteiger partial charge in [0.2, 0.25) is 0 Å². The Morgan fingerprint density at radius 2 is 1.86 bits per heavy atom. The second-order valence-corrected chi connectivity index (χ2v) is 7.28. The van der Waals surface area contributed by atoms with E-state index < -0.39 is 11.6 Å². The topological polar surface area (TPSA) is 40.5 Å². The van der Waals surface area contributed by atoms with Gasteiger partial charge in [-0.05, 0) is 63.0 Å². The third kappa shape index (κ3) is 5.12. The number of carbonyl (C=O) groups is 1. The van der Waals surface area contributed by atoms with Crippen LogP contribution in [-0.2, 0) is 13.1 Å². The summed E-state index contributed by atoms with van der Waals surface area (Å²) in [6.07, 6.45) is 2.04. The summed E-state index contributed by atoms with van der Waals surface area (Å²) in [6.45, 7) is 4.31. The number of benzene rings is 2. The van der Waals surface area contributed by atoms with Gasteiger partial charge in [0.15, 0.2) is 11.6 Å². The zero-order valence-electron chi connectivity index (χ0n) is 17.0. The maximum absolute atomic E-state index is 13.4. The van der Waals surface area contributed by atoms with Crippen LogP contribution in [0.4, 0.5) is 19.3 Å². The lowest BCUT2D eigenvalue weighted by molar-refractivity contribution is 0.212. The van der Waals surface area contributed by atoms with Gasteiger partial charge in [0.05, 0.1) is 0 Å². The Hall–Kier alpha value is -2.93. The number of hydrogen-bond donors (Lipinski definition) is 1. The molecule has 2 amide bonds. The van der Waals surface area contributed by atoms with Crippen LogP contribution >= 0.6 is 0 Å². The molecule has 0 aliphatic rings. The predicted octanol–water partition coefficient (Wildman–Crippen LogP) is 4.54. The maximum atomic E-state index is 13.4. The zero-order chi connectivity index (χ0) is 21.0. The fourth-order valence-electron chi connectivity index (χ4n) is 3.17. The van der Waals surface area contributed by atoms with Crippen molar-refractivity contribution < 1.29 is 13.6 Å². The Morgan fingerprint density at radius 1 is 1.07 bits per heavy atom. The van der Waals surface area contributed by atoms with E-state index in [2.05, 4.69) is 14.8 Å². The molecule has 2 aromatic carbocycles.